The van der Waals surface area contributed by atoms with E-state index < -0.39 is 5.91 Å². The van der Waals surface area contributed by atoms with Crippen molar-refractivity contribution in [1.82, 2.24) is 4.90 Å². The lowest BCUT2D eigenvalue weighted by molar-refractivity contribution is -0.119. The van der Waals surface area contributed by atoms with Gasteiger partial charge in [0, 0.05) is 10.9 Å². The Bertz CT molecular complexity index is 432. The van der Waals surface area contributed by atoms with Crippen molar-refractivity contribution in [2.45, 2.75) is 24.8 Å². The molecule has 1 aromatic rings. The van der Waals surface area contributed by atoms with E-state index in [0.29, 0.717) is 10.5 Å². The van der Waals surface area contributed by atoms with Crippen molar-refractivity contribution in [3.63, 3.8) is 0 Å². The number of amides is 2. The summed E-state index contributed by atoms with van der Waals surface area (Å²) in [5.74, 6) is -0.756. The molecule has 5 heteroatoms. The fourth-order valence-electron chi connectivity index (χ4n) is 1.47. The third kappa shape index (κ3) is 3.49. The Balaban J connectivity index is 3.00. The van der Waals surface area contributed by atoms with Crippen molar-refractivity contribution >= 4 is 24.4 Å². The Morgan fingerprint density at radius 3 is 2.41 bits per heavy atom. The zero-order valence-electron chi connectivity index (χ0n) is 9.88. The van der Waals surface area contributed by atoms with Gasteiger partial charge in [0.15, 0.2) is 0 Å². The van der Waals surface area contributed by atoms with Gasteiger partial charge in [-0.15, -0.1) is 12.6 Å². The van der Waals surface area contributed by atoms with E-state index >= 15 is 0 Å². The standard InChI is InChI=1S/C12H16N2O2S/c1-8(2)14(7-11(13)15)12(16)9-5-3-4-6-10(9)17/h3-6,8,17H,7H2,1-2H3,(H2,13,15). The maximum atomic E-state index is 12.2. The summed E-state index contributed by atoms with van der Waals surface area (Å²) in [5.41, 5.74) is 5.61. The average molecular weight is 252 g/mol. The number of rotatable bonds is 4. The van der Waals surface area contributed by atoms with Gasteiger partial charge in [-0.2, -0.15) is 0 Å². The average Bonchev–Trinajstić information content (AvgIpc) is 2.25. The number of nitrogens with two attached hydrogens (primary N) is 1. The van der Waals surface area contributed by atoms with Crippen LogP contribution in [-0.4, -0.2) is 29.3 Å². The Morgan fingerprint density at radius 2 is 1.94 bits per heavy atom. The molecule has 17 heavy (non-hydrogen) atoms. The van der Waals surface area contributed by atoms with Crippen molar-refractivity contribution in [3.8, 4) is 0 Å². The van der Waals surface area contributed by atoms with E-state index in [4.69, 9.17) is 5.73 Å². The van der Waals surface area contributed by atoms with Gasteiger partial charge in [0.2, 0.25) is 5.91 Å². The maximum absolute atomic E-state index is 12.2. The molecular weight excluding hydrogens is 236 g/mol. The second kappa shape index (κ2) is 5.72. The first-order valence-corrected chi connectivity index (χ1v) is 5.75. The molecule has 4 nitrogen and oxygen atoms in total. The van der Waals surface area contributed by atoms with Crippen LogP contribution < -0.4 is 5.73 Å². The Kier molecular flexibility index (Phi) is 4.57. The second-order valence-corrected chi connectivity index (χ2v) is 4.49. The highest BCUT2D eigenvalue weighted by Gasteiger charge is 2.21. The topological polar surface area (TPSA) is 63.4 Å². The van der Waals surface area contributed by atoms with Crippen LogP contribution in [0.3, 0.4) is 0 Å². The van der Waals surface area contributed by atoms with Crippen LogP contribution >= 0.6 is 12.6 Å². The number of carbonyl (C=O) groups is 2. The monoisotopic (exact) mass is 252 g/mol. The summed E-state index contributed by atoms with van der Waals surface area (Å²) in [6.45, 7) is 3.59. The summed E-state index contributed by atoms with van der Waals surface area (Å²) < 4.78 is 0. The van der Waals surface area contributed by atoms with Crippen LogP contribution in [0, 0.1) is 0 Å². The Labute approximate surface area is 106 Å². The summed E-state index contributed by atoms with van der Waals surface area (Å²) in [6, 6.07) is 6.88. The van der Waals surface area contributed by atoms with E-state index in [2.05, 4.69) is 12.6 Å². The van der Waals surface area contributed by atoms with Gasteiger partial charge in [-0.1, -0.05) is 12.1 Å². The number of nitrogens with zero attached hydrogens (tertiary/aromatic N) is 1. The fraction of sp³-hybridized carbons (Fsp3) is 0.333. The molecule has 1 rings (SSSR count). The van der Waals surface area contributed by atoms with Crippen LogP contribution in [0.4, 0.5) is 0 Å². The summed E-state index contributed by atoms with van der Waals surface area (Å²) in [5, 5.41) is 0. The quantitative estimate of drug-likeness (QED) is 0.794. The molecule has 0 aliphatic carbocycles. The van der Waals surface area contributed by atoms with Gasteiger partial charge in [-0.3, -0.25) is 9.59 Å². The predicted molar refractivity (Wildman–Crippen MR) is 69.1 cm³/mol. The van der Waals surface area contributed by atoms with E-state index in [9.17, 15) is 9.59 Å². The van der Waals surface area contributed by atoms with Crippen molar-refractivity contribution in [2.24, 2.45) is 5.73 Å². The van der Waals surface area contributed by atoms with Crippen LogP contribution in [0.1, 0.15) is 24.2 Å². The molecule has 0 bridgehead atoms. The minimum atomic E-state index is -0.524. The molecule has 92 valence electrons. The predicted octanol–water partition coefficient (Wildman–Crippen LogP) is 1.31. The minimum Gasteiger partial charge on any atom is -0.368 e. The first kappa shape index (κ1) is 13.6. The normalized spacial score (nSPS) is 10.4. The smallest absolute Gasteiger partial charge is 0.255 e. The summed E-state index contributed by atoms with van der Waals surface area (Å²) in [6.07, 6.45) is 0. The number of hydrogen-bond donors (Lipinski definition) is 2. The Morgan fingerprint density at radius 1 is 1.35 bits per heavy atom. The van der Waals surface area contributed by atoms with E-state index in [1.54, 1.807) is 24.3 Å². The van der Waals surface area contributed by atoms with Crippen LogP contribution in [0.5, 0.6) is 0 Å². The van der Waals surface area contributed by atoms with Gasteiger partial charge < -0.3 is 10.6 Å². The van der Waals surface area contributed by atoms with Crippen LogP contribution in [0.15, 0.2) is 29.2 Å². The van der Waals surface area contributed by atoms with Crippen LogP contribution in [0.2, 0.25) is 0 Å². The van der Waals surface area contributed by atoms with Gasteiger partial charge in [-0.05, 0) is 26.0 Å². The van der Waals surface area contributed by atoms with Crippen molar-refractivity contribution in [2.75, 3.05) is 6.54 Å². The summed E-state index contributed by atoms with van der Waals surface area (Å²) in [4.78, 5) is 25.2. The molecule has 0 aliphatic heterocycles. The van der Waals surface area contributed by atoms with Gasteiger partial charge in [0.1, 0.15) is 0 Å². The first-order valence-electron chi connectivity index (χ1n) is 5.30. The van der Waals surface area contributed by atoms with Gasteiger partial charge in [0.05, 0.1) is 12.1 Å². The summed E-state index contributed by atoms with van der Waals surface area (Å²) >= 11 is 4.23. The lowest BCUT2D eigenvalue weighted by Gasteiger charge is -2.25. The second-order valence-electron chi connectivity index (χ2n) is 4.01. The molecule has 0 unspecified atom stereocenters. The lowest BCUT2D eigenvalue weighted by atomic mass is 10.1. The number of benzene rings is 1. The third-order valence-electron chi connectivity index (χ3n) is 2.34. The Hall–Kier alpha value is -1.49. The van der Waals surface area contributed by atoms with Gasteiger partial charge in [-0.25, -0.2) is 0 Å². The zero-order valence-corrected chi connectivity index (χ0v) is 10.8. The van der Waals surface area contributed by atoms with Gasteiger partial charge in [0.25, 0.3) is 5.91 Å². The number of thiol groups is 1. The van der Waals surface area contributed by atoms with Gasteiger partial charge >= 0.3 is 0 Å². The van der Waals surface area contributed by atoms with Crippen molar-refractivity contribution in [1.29, 1.82) is 0 Å². The SMILES string of the molecule is CC(C)N(CC(N)=O)C(=O)c1ccccc1S. The molecule has 0 aliphatic rings. The first-order chi connectivity index (χ1) is 7.93. The van der Waals surface area contributed by atoms with E-state index in [1.165, 1.54) is 4.90 Å². The highest BCUT2D eigenvalue weighted by atomic mass is 32.1. The molecule has 0 spiro atoms. The molecule has 0 atom stereocenters. The van der Waals surface area contributed by atoms with Crippen molar-refractivity contribution < 1.29 is 9.59 Å². The molecule has 1 aromatic carbocycles. The molecule has 0 aromatic heterocycles. The minimum absolute atomic E-state index is 0.0847. The van der Waals surface area contributed by atoms with E-state index in [0.717, 1.165) is 0 Å². The van der Waals surface area contributed by atoms with E-state index in [1.807, 2.05) is 13.8 Å². The summed E-state index contributed by atoms with van der Waals surface area (Å²) in [7, 11) is 0. The fourth-order valence-corrected chi connectivity index (χ4v) is 1.72. The lowest BCUT2D eigenvalue weighted by Crippen LogP contribution is -2.42. The number of carbonyl (C=O) groups excluding carboxylic acids is 2. The highest BCUT2D eigenvalue weighted by molar-refractivity contribution is 7.80. The third-order valence-corrected chi connectivity index (χ3v) is 2.73. The molecule has 0 heterocycles. The molecule has 2 N–H and O–H groups in total. The van der Waals surface area contributed by atoms with E-state index in [-0.39, 0.29) is 18.5 Å². The number of primary amides is 1. The van der Waals surface area contributed by atoms with Crippen LogP contribution in [-0.2, 0) is 4.79 Å². The van der Waals surface area contributed by atoms with Crippen LogP contribution in [0.25, 0.3) is 0 Å². The highest BCUT2D eigenvalue weighted by Crippen LogP contribution is 2.16. The zero-order chi connectivity index (χ0) is 13.0. The molecule has 0 saturated carbocycles. The van der Waals surface area contributed by atoms with Crippen molar-refractivity contribution in [3.05, 3.63) is 29.8 Å². The molecule has 0 saturated heterocycles. The number of hydrogen-bond acceptors (Lipinski definition) is 3. The molecule has 0 radical (unpaired) electrons. The molecular formula is C12H16N2O2S. The largest absolute Gasteiger partial charge is 0.368 e. The molecule has 2 amide bonds. The maximum Gasteiger partial charge on any atom is 0.255 e. The molecule has 0 fully saturated rings.